The lowest BCUT2D eigenvalue weighted by atomic mass is 10.1. The molecule has 0 atom stereocenters. The van der Waals surface area contributed by atoms with E-state index in [-0.39, 0.29) is 6.61 Å². The summed E-state index contributed by atoms with van der Waals surface area (Å²) < 4.78 is 27.7. The molecule has 0 bridgehead atoms. The molecule has 0 unspecified atom stereocenters. The first-order chi connectivity index (χ1) is 15.2. The summed E-state index contributed by atoms with van der Waals surface area (Å²) in [4.78, 5) is 22.2. The Morgan fingerprint density at radius 3 is 2.53 bits per heavy atom. The van der Waals surface area contributed by atoms with E-state index in [2.05, 4.69) is 15.2 Å². The van der Waals surface area contributed by atoms with Crippen LogP contribution in [0, 0.1) is 0 Å². The molecule has 0 aliphatic heterocycles. The van der Waals surface area contributed by atoms with Crippen molar-refractivity contribution in [2.75, 3.05) is 11.0 Å². The molecule has 8 nitrogen and oxygen atoms in total. The van der Waals surface area contributed by atoms with E-state index in [0.717, 1.165) is 22.7 Å². The molecule has 32 heavy (non-hydrogen) atoms. The minimum Gasteiger partial charge on any atom is -0.344 e. The van der Waals surface area contributed by atoms with Crippen molar-refractivity contribution in [2.24, 2.45) is 7.05 Å². The molecule has 2 N–H and O–H groups in total. The number of hydroxylamine groups is 1. The first kappa shape index (κ1) is 22.3. The van der Waals surface area contributed by atoms with Crippen molar-refractivity contribution in [2.45, 2.75) is 6.61 Å². The number of pyridine rings is 1. The number of carbonyl (C=O) groups excluding carboxylic acids is 1. The summed E-state index contributed by atoms with van der Waals surface area (Å²) >= 11 is 12.2. The number of aryl methyl sites for hydroxylation is 1. The van der Waals surface area contributed by atoms with Crippen molar-refractivity contribution in [1.82, 2.24) is 15.0 Å². The van der Waals surface area contributed by atoms with Crippen LogP contribution in [-0.4, -0.2) is 30.1 Å². The van der Waals surface area contributed by atoms with Crippen LogP contribution in [0.5, 0.6) is 0 Å². The summed E-state index contributed by atoms with van der Waals surface area (Å²) in [5, 5.41) is 2.05. The van der Waals surface area contributed by atoms with Crippen LogP contribution >= 0.6 is 23.2 Å². The van der Waals surface area contributed by atoms with Gasteiger partial charge in [0.1, 0.15) is 6.61 Å². The van der Waals surface area contributed by atoms with Gasteiger partial charge in [0.25, 0.3) is 5.91 Å². The second kappa shape index (κ2) is 8.59. The zero-order valence-corrected chi connectivity index (χ0v) is 19.3. The summed E-state index contributed by atoms with van der Waals surface area (Å²) in [7, 11) is -1.57. The Labute approximate surface area is 194 Å². The van der Waals surface area contributed by atoms with E-state index in [0.29, 0.717) is 32.2 Å². The van der Waals surface area contributed by atoms with Gasteiger partial charge in [-0.15, -0.1) is 0 Å². The number of sulfonamides is 1. The number of nitrogens with zero attached hydrogens (tertiary/aromatic N) is 2. The molecule has 2 aromatic carbocycles. The van der Waals surface area contributed by atoms with E-state index in [1.54, 1.807) is 30.3 Å². The summed E-state index contributed by atoms with van der Waals surface area (Å²) in [6, 6.07) is 10.5. The first-order valence-electron chi connectivity index (χ1n) is 9.34. The molecule has 1 amide bonds. The minimum atomic E-state index is -3.45. The highest BCUT2D eigenvalue weighted by molar-refractivity contribution is 7.92. The van der Waals surface area contributed by atoms with Gasteiger partial charge in [0.2, 0.25) is 10.0 Å². The number of anilines is 1. The summed E-state index contributed by atoms with van der Waals surface area (Å²) in [6.07, 6.45) is 3.96. The number of fused-ring (bicyclic) bond motifs is 3. The van der Waals surface area contributed by atoms with Gasteiger partial charge in [-0.25, -0.2) is 13.9 Å². The van der Waals surface area contributed by atoms with E-state index >= 15 is 0 Å². The fourth-order valence-electron chi connectivity index (χ4n) is 3.53. The smallest absolute Gasteiger partial charge is 0.275 e. The number of aromatic nitrogens is 2. The SMILES string of the molecule is Cn1c2ccc(NS(C)(=O)=O)cc2c2c(C(=O)NOCc3c(Cl)cncc3Cl)cccc21. The highest BCUT2D eigenvalue weighted by atomic mass is 35.5. The van der Waals surface area contributed by atoms with Crippen molar-refractivity contribution in [3.8, 4) is 0 Å². The Morgan fingerprint density at radius 2 is 1.84 bits per heavy atom. The Hall–Kier alpha value is -2.85. The number of hydrogen-bond acceptors (Lipinski definition) is 5. The lowest BCUT2D eigenvalue weighted by Gasteiger charge is -2.09. The third-order valence-electron chi connectivity index (χ3n) is 4.91. The van der Waals surface area contributed by atoms with Crippen molar-refractivity contribution in [1.29, 1.82) is 0 Å². The van der Waals surface area contributed by atoms with Gasteiger partial charge in [-0.1, -0.05) is 29.3 Å². The monoisotopic (exact) mass is 492 g/mol. The van der Waals surface area contributed by atoms with Crippen LogP contribution in [0.2, 0.25) is 10.0 Å². The Kier molecular flexibility index (Phi) is 6.00. The third kappa shape index (κ3) is 4.37. The molecule has 2 heterocycles. The lowest BCUT2D eigenvalue weighted by Crippen LogP contribution is -2.24. The molecule has 4 aromatic rings. The third-order valence-corrected chi connectivity index (χ3v) is 6.17. The van der Waals surface area contributed by atoms with Crippen LogP contribution < -0.4 is 10.2 Å². The molecule has 0 saturated heterocycles. The zero-order valence-electron chi connectivity index (χ0n) is 17.0. The number of rotatable bonds is 6. The highest BCUT2D eigenvalue weighted by Gasteiger charge is 2.18. The normalized spacial score (nSPS) is 11.8. The van der Waals surface area contributed by atoms with E-state index in [1.165, 1.54) is 12.4 Å². The number of carbonyl (C=O) groups is 1. The predicted molar refractivity (Wildman–Crippen MR) is 125 cm³/mol. The van der Waals surface area contributed by atoms with Gasteiger partial charge in [-0.05, 0) is 30.3 Å². The van der Waals surface area contributed by atoms with Crippen LogP contribution in [0.3, 0.4) is 0 Å². The average Bonchev–Trinajstić information content (AvgIpc) is 3.01. The molecule has 4 rings (SSSR count). The van der Waals surface area contributed by atoms with Crippen molar-refractivity contribution in [3.63, 3.8) is 0 Å². The number of nitrogens with one attached hydrogen (secondary N) is 2. The van der Waals surface area contributed by atoms with Crippen LogP contribution in [0.25, 0.3) is 21.8 Å². The molecule has 0 aliphatic carbocycles. The molecular formula is C21H18Cl2N4O4S. The lowest BCUT2D eigenvalue weighted by molar-refractivity contribution is 0.0235. The van der Waals surface area contributed by atoms with Gasteiger partial charge in [-0.2, -0.15) is 0 Å². The zero-order chi connectivity index (χ0) is 23.0. The van der Waals surface area contributed by atoms with E-state index < -0.39 is 15.9 Å². The Bertz CT molecular complexity index is 1450. The van der Waals surface area contributed by atoms with Crippen LogP contribution in [0.15, 0.2) is 48.8 Å². The second-order valence-electron chi connectivity index (χ2n) is 7.17. The molecule has 2 aromatic heterocycles. The number of amides is 1. The number of benzene rings is 2. The van der Waals surface area contributed by atoms with Gasteiger partial charge >= 0.3 is 0 Å². The standard InChI is InChI=1S/C21H18Cl2N4O4S/c1-27-18-7-6-12(26-32(2,29)30)8-14(18)20-13(4-3-5-19(20)27)21(28)25-31-11-15-16(22)9-24-10-17(15)23/h3-10,26H,11H2,1-2H3,(H,25,28). The van der Waals surface area contributed by atoms with E-state index in [1.807, 2.05) is 17.7 Å². The van der Waals surface area contributed by atoms with Crippen molar-refractivity contribution < 1.29 is 18.0 Å². The molecule has 166 valence electrons. The molecule has 0 radical (unpaired) electrons. The van der Waals surface area contributed by atoms with E-state index in [4.69, 9.17) is 28.0 Å². The van der Waals surface area contributed by atoms with Gasteiger partial charge in [0.15, 0.2) is 0 Å². The quantitative estimate of drug-likeness (QED) is 0.391. The van der Waals surface area contributed by atoms with Gasteiger partial charge in [0, 0.05) is 52.5 Å². The van der Waals surface area contributed by atoms with Gasteiger partial charge in [-0.3, -0.25) is 19.3 Å². The van der Waals surface area contributed by atoms with Crippen LogP contribution in [0.4, 0.5) is 5.69 Å². The largest absolute Gasteiger partial charge is 0.344 e. The first-order valence-corrected chi connectivity index (χ1v) is 12.0. The van der Waals surface area contributed by atoms with Crippen LogP contribution in [0.1, 0.15) is 15.9 Å². The molecule has 0 spiro atoms. The molecule has 11 heteroatoms. The number of hydrogen-bond donors (Lipinski definition) is 2. The highest BCUT2D eigenvalue weighted by Crippen LogP contribution is 2.33. The Morgan fingerprint density at radius 1 is 1.12 bits per heavy atom. The summed E-state index contributed by atoms with van der Waals surface area (Å²) in [5.74, 6) is -0.467. The number of halogens is 2. The minimum absolute atomic E-state index is 0.0418. The maximum absolute atomic E-state index is 13.0. The van der Waals surface area contributed by atoms with Gasteiger partial charge in [0.05, 0.1) is 21.9 Å². The maximum atomic E-state index is 13.0. The molecule has 0 fully saturated rings. The molecular weight excluding hydrogens is 475 g/mol. The molecule has 0 saturated carbocycles. The summed E-state index contributed by atoms with van der Waals surface area (Å²) in [6.45, 7) is -0.0418. The summed E-state index contributed by atoms with van der Waals surface area (Å²) in [5.41, 5.74) is 5.35. The molecule has 0 aliphatic rings. The van der Waals surface area contributed by atoms with Gasteiger partial charge < -0.3 is 4.57 Å². The second-order valence-corrected chi connectivity index (χ2v) is 9.73. The van der Waals surface area contributed by atoms with Crippen molar-refractivity contribution >= 4 is 66.6 Å². The maximum Gasteiger partial charge on any atom is 0.275 e. The average molecular weight is 493 g/mol. The Balaban J connectivity index is 1.68. The fraction of sp³-hybridized carbons (Fsp3) is 0.143. The fourth-order valence-corrected chi connectivity index (χ4v) is 4.56. The van der Waals surface area contributed by atoms with Crippen molar-refractivity contribution in [3.05, 3.63) is 70.0 Å². The van der Waals surface area contributed by atoms with Crippen LogP contribution in [-0.2, 0) is 28.5 Å². The topological polar surface area (TPSA) is 102 Å². The van der Waals surface area contributed by atoms with E-state index in [9.17, 15) is 13.2 Å². The predicted octanol–water partition coefficient (Wildman–Crippen LogP) is 4.27.